The van der Waals surface area contributed by atoms with Gasteiger partial charge in [0.15, 0.2) is 6.29 Å². The Hall–Kier alpha value is -1.18. The first kappa shape index (κ1) is 9.90. The lowest BCUT2D eigenvalue weighted by Gasteiger charge is -1.99. The summed E-state index contributed by atoms with van der Waals surface area (Å²) >= 11 is 0. The number of hydrogen-bond acceptors (Lipinski definition) is 2. The minimum atomic E-state index is 0.536. The van der Waals surface area contributed by atoms with Gasteiger partial charge in [0.1, 0.15) is 5.69 Å². The number of pyridine rings is 1. The van der Waals surface area contributed by atoms with Crippen molar-refractivity contribution in [2.75, 3.05) is 0 Å². The highest BCUT2D eigenvalue weighted by Crippen LogP contribution is 2.06. The zero-order valence-electron chi connectivity index (χ0n) is 7.99. The number of unbranched alkanes of at least 4 members (excludes halogenated alkanes) is 2. The Balaban J connectivity index is 2.51. The molecule has 0 saturated carbocycles. The molecule has 0 spiro atoms. The number of aryl methyl sites for hydroxylation is 1. The molecule has 1 aromatic rings. The van der Waals surface area contributed by atoms with Crippen molar-refractivity contribution in [1.82, 2.24) is 4.98 Å². The summed E-state index contributed by atoms with van der Waals surface area (Å²) in [7, 11) is 0. The van der Waals surface area contributed by atoms with E-state index in [0.717, 1.165) is 12.7 Å². The highest BCUT2D eigenvalue weighted by molar-refractivity contribution is 5.71. The fraction of sp³-hybridized carbons (Fsp3) is 0.455. The van der Waals surface area contributed by atoms with E-state index < -0.39 is 0 Å². The van der Waals surface area contributed by atoms with Crippen LogP contribution in [-0.4, -0.2) is 11.3 Å². The van der Waals surface area contributed by atoms with Gasteiger partial charge in [-0.15, -0.1) is 0 Å². The van der Waals surface area contributed by atoms with Crippen LogP contribution in [0.4, 0.5) is 0 Å². The SMILES string of the molecule is CCCCCc1ccnc(C=O)c1. The van der Waals surface area contributed by atoms with Crippen molar-refractivity contribution in [2.24, 2.45) is 0 Å². The zero-order chi connectivity index (χ0) is 9.52. The van der Waals surface area contributed by atoms with Crippen LogP contribution in [0.5, 0.6) is 0 Å². The zero-order valence-corrected chi connectivity index (χ0v) is 7.99. The topological polar surface area (TPSA) is 30.0 Å². The second kappa shape index (κ2) is 5.46. The average molecular weight is 177 g/mol. The molecule has 2 heteroatoms. The fourth-order valence-corrected chi connectivity index (χ4v) is 1.29. The summed E-state index contributed by atoms with van der Waals surface area (Å²) in [5, 5.41) is 0. The van der Waals surface area contributed by atoms with Crippen molar-refractivity contribution in [2.45, 2.75) is 32.6 Å². The predicted molar refractivity (Wildman–Crippen MR) is 52.9 cm³/mol. The second-order valence-corrected chi connectivity index (χ2v) is 3.16. The van der Waals surface area contributed by atoms with E-state index in [2.05, 4.69) is 11.9 Å². The summed E-state index contributed by atoms with van der Waals surface area (Å²) in [6, 6.07) is 3.84. The Morgan fingerprint density at radius 3 is 3.00 bits per heavy atom. The first-order chi connectivity index (χ1) is 6.36. The Kier molecular flexibility index (Phi) is 4.16. The maximum Gasteiger partial charge on any atom is 0.168 e. The van der Waals surface area contributed by atoms with Crippen molar-refractivity contribution in [3.63, 3.8) is 0 Å². The summed E-state index contributed by atoms with van der Waals surface area (Å²) in [4.78, 5) is 14.3. The molecule has 70 valence electrons. The van der Waals surface area contributed by atoms with Gasteiger partial charge in [0.2, 0.25) is 0 Å². The molecule has 0 bridgehead atoms. The number of hydrogen-bond donors (Lipinski definition) is 0. The number of rotatable bonds is 5. The highest BCUT2D eigenvalue weighted by atomic mass is 16.1. The lowest BCUT2D eigenvalue weighted by atomic mass is 10.1. The Morgan fingerprint density at radius 1 is 1.46 bits per heavy atom. The molecular formula is C11H15NO. The lowest BCUT2D eigenvalue weighted by Crippen LogP contribution is -1.90. The molecule has 0 radical (unpaired) electrons. The molecule has 0 N–H and O–H groups in total. The van der Waals surface area contributed by atoms with Crippen molar-refractivity contribution in [3.8, 4) is 0 Å². The molecule has 0 atom stereocenters. The van der Waals surface area contributed by atoms with Crippen LogP contribution in [-0.2, 0) is 6.42 Å². The smallest absolute Gasteiger partial charge is 0.168 e. The summed E-state index contributed by atoms with van der Waals surface area (Å²) in [5.41, 5.74) is 1.75. The lowest BCUT2D eigenvalue weighted by molar-refractivity contribution is 0.111. The van der Waals surface area contributed by atoms with E-state index in [1.54, 1.807) is 6.20 Å². The molecule has 0 fully saturated rings. The van der Waals surface area contributed by atoms with Gasteiger partial charge in [-0.2, -0.15) is 0 Å². The number of aldehydes is 1. The summed E-state index contributed by atoms with van der Waals surface area (Å²) in [5.74, 6) is 0. The Bertz CT molecular complexity index is 271. The van der Waals surface area contributed by atoms with E-state index in [1.165, 1.54) is 24.8 Å². The molecule has 0 aromatic carbocycles. The average Bonchev–Trinajstić information content (AvgIpc) is 2.19. The standard InChI is InChI=1S/C11H15NO/c1-2-3-4-5-10-6-7-12-11(8-10)9-13/h6-9H,2-5H2,1H3. The van der Waals surface area contributed by atoms with Crippen LogP contribution in [0.3, 0.4) is 0 Å². The molecule has 0 aliphatic heterocycles. The predicted octanol–water partition coefficient (Wildman–Crippen LogP) is 2.63. The van der Waals surface area contributed by atoms with Crippen LogP contribution in [0.2, 0.25) is 0 Å². The number of carbonyl (C=O) groups excluding carboxylic acids is 1. The van der Waals surface area contributed by atoms with E-state index in [1.807, 2.05) is 12.1 Å². The molecule has 0 aliphatic carbocycles. The van der Waals surface area contributed by atoms with Crippen molar-refractivity contribution >= 4 is 6.29 Å². The highest BCUT2D eigenvalue weighted by Gasteiger charge is 1.95. The summed E-state index contributed by atoms with van der Waals surface area (Å²) in [6.45, 7) is 2.18. The molecule has 0 unspecified atom stereocenters. The first-order valence-corrected chi connectivity index (χ1v) is 4.77. The Labute approximate surface area is 79.0 Å². The van der Waals surface area contributed by atoms with Crippen LogP contribution < -0.4 is 0 Å². The monoisotopic (exact) mass is 177 g/mol. The van der Waals surface area contributed by atoms with E-state index in [-0.39, 0.29) is 0 Å². The van der Waals surface area contributed by atoms with Crippen LogP contribution in [0.1, 0.15) is 42.2 Å². The third kappa shape index (κ3) is 3.36. The quantitative estimate of drug-likeness (QED) is 0.511. The van der Waals surface area contributed by atoms with E-state index in [0.29, 0.717) is 5.69 Å². The maximum atomic E-state index is 10.4. The molecule has 1 heterocycles. The molecule has 13 heavy (non-hydrogen) atoms. The van der Waals surface area contributed by atoms with Crippen LogP contribution >= 0.6 is 0 Å². The van der Waals surface area contributed by atoms with Crippen molar-refractivity contribution in [1.29, 1.82) is 0 Å². The second-order valence-electron chi connectivity index (χ2n) is 3.16. The third-order valence-corrected chi connectivity index (χ3v) is 2.04. The van der Waals surface area contributed by atoms with Crippen molar-refractivity contribution in [3.05, 3.63) is 29.6 Å². The van der Waals surface area contributed by atoms with Crippen molar-refractivity contribution < 1.29 is 4.79 Å². The summed E-state index contributed by atoms with van der Waals surface area (Å²) in [6.07, 6.45) is 7.22. The van der Waals surface area contributed by atoms with Gasteiger partial charge in [0.25, 0.3) is 0 Å². The Morgan fingerprint density at radius 2 is 2.31 bits per heavy atom. The molecular weight excluding hydrogens is 162 g/mol. The van der Waals surface area contributed by atoms with Crippen LogP contribution in [0, 0.1) is 0 Å². The molecule has 0 amide bonds. The van der Waals surface area contributed by atoms with E-state index in [4.69, 9.17) is 0 Å². The molecule has 0 aliphatic rings. The van der Waals surface area contributed by atoms with Gasteiger partial charge < -0.3 is 0 Å². The van der Waals surface area contributed by atoms with Crippen LogP contribution in [0.15, 0.2) is 18.3 Å². The van der Waals surface area contributed by atoms with Gasteiger partial charge in [-0.3, -0.25) is 9.78 Å². The van der Waals surface area contributed by atoms with Crippen LogP contribution in [0.25, 0.3) is 0 Å². The first-order valence-electron chi connectivity index (χ1n) is 4.77. The van der Waals surface area contributed by atoms with E-state index >= 15 is 0 Å². The fourth-order valence-electron chi connectivity index (χ4n) is 1.29. The van der Waals surface area contributed by atoms with Gasteiger partial charge >= 0.3 is 0 Å². The minimum absolute atomic E-state index is 0.536. The molecule has 0 saturated heterocycles. The number of aromatic nitrogens is 1. The number of nitrogens with zero attached hydrogens (tertiary/aromatic N) is 1. The van der Waals surface area contributed by atoms with Gasteiger partial charge in [-0.1, -0.05) is 19.8 Å². The maximum absolute atomic E-state index is 10.4. The minimum Gasteiger partial charge on any atom is -0.296 e. The largest absolute Gasteiger partial charge is 0.296 e. The third-order valence-electron chi connectivity index (χ3n) is 2.04. The molecule has 1 rings (SSSR count). The van der Waals surface area contributed by atoms with Gasteiger partial charge in [0.05, 0.1) is 0 Å². The summed E-state index contributed by atoms with van der Waals surface area (Å²) < 4.78 is 0. The number of carbonyl (C=O) groups is 1. The molecule has 2 nitrogen and oxygen atoms in total. The van der Waals surface area contributed by atoms with Gasteiger partial charge in [-0.25, -0.2) is 0 Å². The normalized spacial score (nSPS) is 9.92. The van der Waals surface area contributed by atoms with Gasteiger partial charge in [-0.05, 0) is 30.5 Å². The molecule has 1 aromatic heterocycles. The van der Waals surface area contributed by atoms with Gasteiger partial charge in [0, 0.05) is 6.20 Å². The van der Waals surface area contributed by atoms with E-state index in [9.17, 15) is 4.79 Å².